The van der Waals surface area contributed by atoms with Crippen LogP contribution in [0.3, 0.4) is 0 Å². The number of nitrogens with zero attached hydrogens (tertiary/aromatic N) is 2. The molecule has 2 heterocycles. The van der Waals surface area contributed by atoms with Crippen molar-refractivity contribution in [1.29, 1.82) is 0 Å². The van der Waals surface area contributed by atoms with Crippen molar-refractivity contribution in [3.05, 3.63) is 89.2 Å². The molecule has 1 aromatic heterocycles. The normalized spacial score (nSPS) is 13.6. The maximum Gasteiger partial charge on any atom is 0.337 e. The van der Waals surface area contributed by atoms with Crippen molar-refractivity contribution in [1.82, 2.24) is 14.8 Å². The van der Waals surface area contributed by atoms with Crippen molar-refractivity contribution < 1.29 is 23.5 Å². The van der Waals surface area contributed by atoms with Crippen molar-refractivity contribution in [3.63, 3.8) is 0 Å². The van der Waals surface area contributed by atoms with Gasteiger partial charge in [-0.2, -0.15) is 0 Å². The number of hydrogen-bond acceptors (Lipinski definition) is 5. The molecule has 3 aromatic carbocycles. The predicted molar refractivity (Wildman–Crippen MR) is 135 cm³/mol. The summed E-state index contributed by atoms with van der Waals surface area (Å²) in [4.78, 5) is 28.1. The molecule has 0 saturated carbocycles. The number of piperazine rings is 1. The summed E-state index contributed by atoms with van der Waals surface area (Å²) in [6, 6.07) is 18.8. The Morgan fingerprint density at radius 3 is 2.44 bits per heavy atom. The molecule has 1 aliphatic heterocycles. The molecule has 0 radical (unpaired) electrons. The van der Waals surface area contributed by atoms with Crippen LogP contribution < -0.4 is 10.1 Å². The van der Waals surface area contributed by atoms with E-state index in [1.54, 1.807) is 33.7 Å². The fourth-order valence-electron chi connectivity index (χ4n) is 4.46. The molecule has 1 aliphatic rings. The van der Waals surface area contributed by atoms with Gasteiger partial charge >= 0.3 is 5.97 Å². The van der Waals surface area contributed by atoms with Gasteiger partial charge in [-0.25, -0.2) is 9.18 Å². The molecule has 5 rings (SSSR count). The highest BCUT2D eigenvalue weighted by atomic mass is 19.1. The van der Waals surface area contributed by atoms with Crippen LogP contribution in [0.5, 0.6) is 11.6 Å². The Kier molecular flexibility index (Phi) is 6.43. The van der Waals surface area contributed by atoms with Gasteiger partial charge in [-0.1, -0.05) is 30.3 Å². The summed E-state index contributed by atoms with van der Waals surface area (Å²) in [6.07, 6.45) is 0. The van der Waals surface area contributed by atoms with E-state index in [0.717, 1.165) is 11.3 Å². The molecule has 0 bridgehead atoms. The van der Waals surface area contributed by atoms with E-state index in [1.807, 2.05) is 37.3 Å². The highest BCUT2D eigenvalue weighted by Gasteiger charge is 2.30. The van der Waals surface area contributed by atoms with E-state index in [9.17, 15) is 14.0 Å². The molecule has 0 aliphatic carbocycles. The van der Waals surface area contributed by atoms with Crippen molar-refractivity contribution in [2.45, 2.75) is 6.92 Å². The SMILES string of the molecule is COC(=O)c1ccc2c(C(=O)N3CCNCC3)c(Oc3cc(F)ccc3C)n(-c3ccccc3)c2c1. The maximum atomic E-state index is 14.2. The molecule has 1 N–H and O–H groups in total. The summed E-state index contributed by atoms with van der Waals surface area (Å²) in [5.74, 6) is -0.559. The summed E-state index contributed by atoms with van der Waals surface area (Å²) in [7, 11) is 1.32. The number of fused-ring (bicyclic) bond motifs is 1. The second kappa shape index (κ2) is 9.83. The number of esters is 1. The van der Waals surface area contributed by atoms with Crippen LogP contribution in [-0.4, -0.2) is 54.6 Å². The molecule has 0 unspecified atom stereocenters. The molecule has 184 valence electrons. The number of methoxy groups -OCH3 is 1. The van der Waals surface area contributed by atoms with Crippen LogP contribution in [0.4, 0.5) is 4.39 Å². The van der Waals surface area contributed by atoms with Gasteiger partial charge in [0, 0.05) is 43.3 Å². The number of rotatable bonds is 5. The molecular weight excluding hydrogens is 461 g/mol. The second-order valence-corrected chi connectivity index (χ2v) is 8.63. The lowest BCUT2D eigenvalue weighted by molar-refractivity contribution is 0.0600. The number of para-hydroxylation sites is 1. The Bertz CT molecular complexity index is 1440. The third-order valence-electron chi connectivity index (χ3n) is 6.34. The van der Waals surface area contributed by atoms with E-state index in [1.165, 1.54) is 19.2 Å². The van der Waals surface area contributed by atoms with E-state index >= 15 is 0 Å². The maximum absolute atomic E-state index is 14.2. The van der Waals surface area contributed by atoms with E-state index < -0.39 is 11.8 Å². The van der Waals surface area contributed by atoms with Crippen LogP contribution in [0.1, 0.15) is 26.3 Å². The number of amides is 1. The molecule has 1 amide bonds. The van der Waals surface area contributed by atoms with Gasteiger partial charge in [0.25, 0.3) is 5.91 Å². The minimum Gasteiger partial charge on any atom is -0.465 e. The van der Waals surface area contributed by atoms with E-state index in [4.69, 9.17) is 9.47 Å². The van der Waals surface area contributed by atoms with E-state index in [2.05, 4.69) is 5.32 Å². The zero-order valence-electron chi connectivity index (χ0n) is 20.1. The summed E-state index contributed by atoms with van der Waals surface area (Å²) in [5.41, 5.74) is 2.75. The van der Waals surface area contributed by atoms with Crippen LogP contribution in [0.2, 0.25) is 0 Å². The van der Waals surface area contributed by atoms with E-state index in [-0.39, 0.29) is 11.8 Å². The monoisotopic (exact) mass is 487 g/mol. The van der Waals surface area contributed by atoms with Crippen LogP contribution in [0.15, 0.2) is 66.7 Å². The minimum atomic E-state index is -0.490. The number of halogens is 1. The number of hydrogen-bond donors (Lipinski definition) is 1. The van der Waals surface area contributed by atoms with Crippen LogP contribution >= 0.6 is 0 Å². The fraction of sp³-hybridized carbons (Fsp3) is 0.214. The number of carbonyl (C=O) groups is 2. The molecule has 7 nitrogen and oxygen atoms in total. The molecule has 36 heavy (non-hydrogen) atoms. The van der Waals surface area contributed by atoms with Gasteiger partial charge in [-0.3, -0.25) is 9.36 Å². The Hall–Kier alpha value is -4.17. The van der Waals surface area contributed by atoms with Gasteiger partial charge < -0.3 is 19.7 Å². The number of benzene rings is 3. The van der Waals surface area contributed by atoms with Gasteiger partial charge in [0.1, 0.15) is 17.1 Å². The Morgan fingerprint density at radius 1 is 0.972 bits per heavy atom. The number of aromatic nitrogens is 1. The first-order chi connectivity index (χ1) is 17.5. The largest absolute Gasteiger partial charge is 0.465 e. The lowest BCUT2D eigenvalue weighted by atomic mass is 10.1. The molecule has 0 atom stereocenters. The smallest absolute Gasteiger partial charge is 0.337 e. The first-order valence-corrected chi connectivity index (χ1v) is 11.7. The van der Waals surface area contributed by atoms with Gasteiger partial charge in [0.15, 0.2) is 0 Å². The van der Waals surface area contributed by atoms with Gasteiger partial charge in [-0.05, 0) is 42.8 Å². The van der Waals surface area contributed by atoms with Crippen molar-refractivity contribution in [2.75, 3.05) is 33.3 Å². The summed E-state index contributed by atoms with van der Waals surface area (Å²) in [6.45, 7) is 4.30. The molecular formula is C28H26FN3O4. The third kappa shape index (κ3) is 4.31. The summed E-state index contributed by atoms with van der Waals surface area (Å²) >= 11 is 0. The van der Waals surface area contributed by atoms with Crippen LogP contribution in [0.25, 0.3) is 16.6 Å². The minimum absolute atomic E-state index is 0.189. The molecule has 4 aromatic rings. The van der Waals surface area contributed by atoms with Crippen molar-refractivity contribution in [3.8, 4) is 17.3 Å². The topological polar surface area (TPSA) is 72.8 Å². The average molecular weight is 488 g/mol. The Balaban J connectivity index is 1.81. The lowest BCUT2D eigenvalue weighted by Crippen LogP contribution is -2.46. The van der Waals surface area contributed by atoms with E-state index in [0.29, 0.717) is 54.0 Å². The van der Waals surface area contributed by atoms with Crippen molar-refractivity contribution in [2.24, 2.45) is 0 Å². The molecule has 0 spiro atoms. The Morgan fingerprint density at radius 2 is 1.72 bits per heavy atom. The summed E-state index contributed by atoms with van der Waals surface area (Å²) < 4.78 is 27.3. The van der Waals surface area contributed by atoms with Gasteiger partial charge in [0.05, 0.1) is 18.2 Å². The predicted octanol–water partition coefficient (Wildman–Crippen LogP) is 4.70. The van der Waals surface area contributed by atoms with Gasteiger partial charge in [0.2, 0.25) is 5.88 Å². The quantitative estimate of drug-likeness (QED) is 0.413. The van der Waals surface area contributed by atoms with Gasteiger partial charge in [-0.15, -0.1) is 0 Å². The lowest BCUT2D eigenvalue weighted by Gasteiger charge is -2.27. The zero-order valence-corrected chi connectivity index (χ0v) is 20.1. The standard InChI is InChI=1S/C28H26FN3O4/c1-18-8-10-20(29)17-24(18)36-27-25(26(33)31-14-12-30-13-15-31)22-11-9-19(28(34)35-2)16-23(22)32(27)21-6-4-3-5-7-21/h3-11,16-17,30H,12-15H2,1-2H3. The number of nitrogens with one attached hydrogen (secondary N) is 1. The highest BCUT2D eigenvalue weighted by Crippen LogP contribution is 2.40. The summed E-state index contributed by atoms with van der Waals surface area (Å²) in [5, 5.41) is 3.88. The Labute approximate surface area is 208 Å². The highest BCUT2D eigenvalue weighted by molar-refractivity contribution is 6.11. The third-order valence-corrected chi connectivity index (χ3v) is 6.34. The number of aryl methyl sites for hydroxylation is 1. The fourth-order valence-corrected chi connectivity index (χ4v) is 4.46. The molecule has 1 fully saturated rings. The van der Waals surface area contributed by atoms with Crippen molar-refractivity contribution >= 4 is 22.8 Å². The van der Waals surface area contributed by atoms with Crippen LogP contribution in [-0.2, 0) is 4.74 Å². The number of carbonyl (C=O) groups excluding carboxylic acids is 2. The zero-order chi connectivity index (χ0) is 25.2. The number of ether oxygens (including phenoxy) is 2. The average Bonchev–Trinajstić information content (AvgIpc) is 3.23. The molecule has 8 heteroatoms. The van der Waals surface area contributed by atoms with Crippen LogP contribution in [0, 0.1) is 12.7 Å². The first-order valence-electron chi connectivity index (χ1n) is 11.7. The first kappa shape index (κ1) is 23.6. The second-order valence-electron chi connectivity index (χ2n) is 8.63. The molecule has 1 saturated heterocycles.